The third-order valence-corrected chi connectivity index (χ3v) is 3.29. The second-order valence-electron chi connectivity index (χ2n) is 4.64. The standard InChI is InChI=1S/C10H15F3N2O3/c11-10(12,13)9(17)18-15-5-7(6-15)14-3-1-8(16)2-4-14/h7-8,16H,1-6H2. The molecule has 1 N–H and O–H groups in total. The van der Waals surface area contributed by atoms with Gasteiger partial charge in [0.15, 0.2) is 0 Å². The Morgan fingerprint density at radius 2 is 1.78 bits per heavy atom. The lowest BCUT2D eigenvalue weighted by Crippen LogP contribution is -2.61. The summed E-state index contributed by atoms with van der Waals surface area (Å²) < 4.78 is 35.8. The molecule has 0 amide bonds. The highest BCUT2D eigenvalue weighted by Crippen LogP contribution is 2.23. The third-order valence-electron chi connectivity index (χ3n) is 3.29. The number of aliphatic hydroxyl groups excluding tert-OH is 1. The van der Waals surface area contributed by atoms with E-state index in [9.17, 15) is 23.1 Å². The molecule has 2 rings (SSSR count). The van der Waals surface area contributed by atoms with Crippen molar-refractivity contribution in [2.24, 2.45) is 0 Å². The molecule has 0 aromatic heterocycles. The van der Waals surface area contributed by atoms with Crippen molar-refractivity contribution in [3.63, 3.8) is 0 Å². The average molecular weight is 268 g/mol. The number of halogens is 3. The van der Waals surface area contributed by atoms with Gasteiger partial charge in [0.05, 0.1) is 19.2 Å². The van der Waals surface area contributed by atoms with Gasteiger partial charge in [0.25, 0.3) is 0 Å². The van der Waals surface area contributed by atoms with Crippen molar-refractivity contribution >= 4 is 5.97 Å². The predicted molar refractivity (Wildman–Crippen MR) is 54.3 cm³/mol. The Hall–Kier alpha value is -0.860. The number of alkyl halides is 3. The highest BCUT2D eigenvalue weighted by Gasteiger charge is 2.45. The Balaban J connectivity index is 1.69. The van der Waals surface area contributed by atoms with Crippen molar-refractivity contribution in [2.75, 3.05) is 26.2 Å². The van der Waals surface area contributed by atoms with Gasteiger partial charge in [0.1, 0.15) is 0 Å². The maximum absolute atomic E-state index is 11.9. The monoisotopic (exact) mass is 268 g/mol. The number of likely N-dealkylation sites (tertiary alicyclic amines) is 1. The summed E-state index contributed by atoms with van der Waals surface area (Å²) >= 11 is 0. The Morgan fingerprint density at radius 3 is 2.28 bits per heavy atom. The second-order valence-corrected chi connectivity index (χ2v) is 4.64. The van der Waals surface area contributed by atoms with E-state index in [1.54, 1.807) is 0 Å². The molecule has 0 saturated carbocycles. The van der Waals surface area contributed by atoms with Gasteiger partial charge in [-0.2, -0.15) is 13.2 Å². The number of aliphatic hydroxyl groups is 1. The molecule has 104 valence electrons. The van der Waals surface area contributed by atoms with Gasteiger partial charge in [0, 0.05) is 19.1 Å². The highest BCUT2D eigenvalue weighted by molar-refractivity contribution is 5.75. The van der Waals surface area contributed by atoms with E-state index in [-0.39, 0.29) is 25.2 Å². The van der Waals surface area contributed by atoms with E-state index in [1.165, 1.54) is 0 Å². The molecule has 0 aromatic carbocycles. The summed E-state index contributed by atoms with van der Waals surface area (Å²) in [7, 11) is 0. The molecule has 0 atom stereocenters. The summed E-state index contributed by atoms with van der Waals surface area (Å²) in [5, 5.41) is 10.3. The largest absolute Gasteiger partial charge is 0.492 e. The van der Waals surface area contributed by atoms with E-state index in [0.29, 0.717) is 12.8 Å². The van der Waals surface area contributed by atoms with Crippen LogP contribution in [0.5, 0.6) is 0 Å². The molecule has 0 bridgehead atoms. The molecule has 2 aliphatic heterocycles. The molecule has 2 heterocycles. The number of carbonyl (C=O) groups excluding carboxylic acids is 1. The summed E-state index contributed by atoms with van der Waals surface area (Å²) in [5.74, 6) is -2.17. The van der Waals surface area contributed by atoms with E-state index in [1.807, 2.05) is 0 Å². The minimum absolute atomic E-state index is 0.110. The van der Waals surface area contributed by atoms with E-state index in [0.717, 1.165) is 18.2 Å². The molecule has 0 aliphatic carbocycles. The molecular formula is C10H15F3N2O3. The molecule has 0 unspecified atom stereocenters. The second kappa shape index (κ2) is 5.02. The lowest BCUT2D eigenvalue weighted by molar-refractivity contribution is -0.260. The summed E-state index contributed by atoms with van der Waals surface area (Å²) in [6.07, 6.45) is -3.86. The zero-order valence-electron chi connectivity index (χ0n) is 9.69. The molecule has 5 nitrogen and oxygen atoms in total. The SMILES string of the molecule is O=C(ON1CC(N2CCC(O)CC2)C1)C(F)(F)F. The first-order valence-corrected chi connectivity index (χ1v) is 5.82. The highest BCUT2D eigenvalue weighted by atomic mass is 19.4. The Kier molecular flexibility index (Phi) is 3.79. The molecular weight excluding hydrogens is 253 g/mol. The molecule has 2 saturated heterocycles. The van der Waals surface area contributed by atoms with Gasteiger partial charge in [-0.1, -0.05) is 0 Å². The van der Waals surface area contributed by atoms with Gasteiger partial charge >= 0.3 is 12.1 Å². The van der Waals surface area contributed by atoms with Crippen molar-refractivity contribution in [3.8, 4) is 0 Å². The maximum Gasteiger partial charge on any atom is 0.492 e. The van der Waals surface area contributed by atoms with E-state index in [4.69, 9.17) is 0 Å². The van der Waals surface area contributed by atoms with Crippen molar-refractivity contribution in [3.05, 3.63) is 0 Å². The number of nitrogens with zero attached hydrogens (tertiary/aromatic N) is 2. The van der Waals surface area contributed by atoms with Crippen LogP contribution in [0.3, 0.4) is 0 Å². The number of hydrogen-bond donors (Lipinski definition) is 1. The molecule has 8 heteroatoms. The van der Waals surface area contributed by atoms with Crippen LogP contribution in [0.25, 0.3) is 0 Å². The predicted octanol–water partition coefficient (Wildman–Crippen LogP) is 0.148. The average Bonchev–Trinajstić information content (AvgIpc) is 2.23. The van der Waals surface area contributed by atoms with Crippen LogP contribution in [0.4, 0.5) is 13.2 Å². The number of hydroxylamine groups is 2. The van der Waals surface area contributed by atoms with Gasteiger partial charge in [-0.3, -0.25) is 4.90 Å². The smallest absolute Gasteiger partial charge is 0.393 e. The summed E-state index contributed by atoms with van der Waals surface area (Å²) in [6.45, 7) is 2.04. The van der Waals surface area contributed by atoms with Crippen LogP contribution >= 0.6 is 0 Å². The molecule has 0 radical (unpaired) electrons. The van der Waals surface area contributed by atoms with Gasteiger partial charge in [-0.25, -0.2) is 4.79 Å². The van der Waals surface area contributed by atoms with Crippen LogP contribution in [-0.2, 0) is 9.63 Å². The topological polar surface area (TPSA) is 53.0 Å². The van der Waals surface area contributed by atoms with Crippen LogP contribution in [-0.4, -0.2) is 65.5 Å². The first-order valence-electron chi connectivity index (χ1n) is 5.82. The zero-order valence-corrected chi connectivity index (χ0v) is 9.69. The van der Waals surface area contributed by atoms with Crippen LogP contribution < -0.4 is 0 Å². The normalized spacial score (nSPS) is 24.9. The first-order chi connectivity index (χ1) is 8.36. The van der Waals surface area contributed by atoms with Gasteiger partial charge in [-0.05, 0) is 12.8 Å². The van der Waals surface area contributed by atoms with Gasteiger partial charge in [0.2, 0.25) is 0 Å². The summed E-state index contributed by atoms with van der Waals surface area (Å²) in [4.78, 5) is 16.8. The Bertz CT molecular complexity index is 310. The number of hydrogen-bond acceptors (Lipinski definition) is 5. The minimum atomic E-state index is -4.94. The molecule has 2 fully saturated rings. The number of piperidine rings is 1. The number of carbonyl (C=O) groups is 1. The summed E-state index contributed by atoms with van der Waals surface area (Å²) in [6, 6.07) is 0.110. The van der Waals surface area contributed by atoms with E-state index >= 15 is 0 Å². The fourth-order valence-corrected chi connectivity index (χ4v) is 2.14. The van der Waals surface area contributed by atoms with Crippen LogP contribution in [0, 0.1) is 0 Å². The van der Waals surface area contributed by atoms with Crippen LogP contribution in [0.1, 0.15) is 12.8 Å². The van der Waals surface area contributed by atoms with E-state index in [2.05, 4.69) is 9.74 Å². The lowest BCUT2D eigenvalue weighted by Gasteiger charge is -2.45. The molecule has 2 aliphatic rings. The maximum atomic E-state index is 11.9. The van der Waals surface area contributed by atoms with Crippen molar-refractivity contribution in [2.45, 2.75) is 31.2 Å². The van der Waals surface area contributed by atoms with Crippen molar-refractivity contribution in [1.29, 1.82) is 0 Å². The fourth-order valence-electron chi connectivity index (χ4n) is 2.14. The molecule has 0 aromatic rings. The number of rotatable bonds is 2. The third kappa shape index (κ3) is 3.12. The lowest BCUT2D eigenvalue weighted by atomic mass is 10.0. The van der Waals surface area contributed by atoms with Crippen LogP contribution in [0.15, 0.2) is 0 Å². The Labute approximate surface area is 102 Å². The van der Waals surface area contributed by atoms with Gasteiger partial charge < -0.3 is 9.94 Å². The quantitative estimate of drug-likeness (QED) is 0.772. The Morgan fingerprint density at radius 1 is 1.22 bits per heavy atom. The zero-order chi connectivity index (χ0) is 13.3. The van der Waals surface area contributed by atoms with Crippen molar-refractivity contribution < 1.29 is 27.9 Å². The van der Waals surface area contributed by atoms with Crippen LogP contribution in [0.2, 0.25) is 0 Å². The minimum Gasteiger partial charge on any atom is -0.393 e. The van der Waals surface area contributed by atoms with E-state index < -0.39 is 12.1 Å². The summed E-state index contributed by atoms with van der Waals surface area (Å²) in [5.41, 5.74) is 0. The first kappa shape index (κ1) is 13.6. The fraction of sp³-hybridized carbons (Fsp3) is 0.900. The molecule has 18 heavy (non-hydrogen) atoms. The van der Waals surface area contributed by atoms with Crippen molar-refractivity contribution in [1.82, 2.24) is 9.96 Å². The van der Waals surface area contributed by atoms with Gasteiger partial charge in [-0.15, -0.1) is 5.06 Å². The molecule has 0 spiro atoms.